The van der Waals surface area contributed by atoms with Gasteiger partial charge in [0.15, 0.2) is 5.76 Å². The maximum atomic E-state index is 11.6. The van der Waals surface area contributed by atoms with Gasteiger partial charge in [0, 0.05) is 5.56 Å². The van der Waals surface area contributed by atoms with E-state index < -0.39 is 5.97 Å². The van der Waals surface area contributed by atoms with Crippen molar-refractivity contribution < 1.29 is 14.1 Å². The monoisotopic (exact) mass is 231 g/mol. The smallest absolute Gasteiger partial charge is 0.343 e. The van der Waals surface area contributed by atoms with Gasteiger partial charge in [-0.25, -0.2) is 4.79 Å². The van der Waals surface area contributed by atoms with E-state index in [1.165, 1.54) is 7.11 Å². The van der Waals surface area contributed by atoms with Crippen LogP contribution in [0.2, 0.25) is 0 Å². The molecule has 0 saturated heterocycles. The summed E-state index contributed by atoms with van der Waals surface area (Å²) in [6.45, 7) is 3.71. The van der Waals surface area contributed by atoms with Gasteiger partial charge in [-0.05, 0) is 13.8 Å². The molecule has 0 atom stereocenters. The summed E-state index contributed by atoms with van der Waals surface area (Å²) in [6.07, 6.45) is 0. The summed E-state index contributed by atoms with van der Waals surface area (Å²) in [6, 6.07) is 7.69. The molecule has 0 aliphatic carbocycles. The van der Waals surface area contributed by atoms with Crippen molar-refractivity contribution in [1.29, 1.82) is 0 Å². The van der Waals surface area contributed by atoms with E-state index in [0.29, 0.717) is 17.0 Å². The molecule has 0 bridgehead atoms. The molecule has 0 amide bonds. The Balaban J connectivity index is 2.52. The third-order valence-corrected chi connectivity index (χ3v) is 2.57. The first-order chi connectivity index (χ1) is 8.13. The molecule has 1 aromatic carbocycles. The molecule has 0 saturated carbocycles. The third-order valence-electron chi connectivity index (χ3n) is 2.57. The van der Waals surface area contributed by atoms with Gasteiger partial charge in [-0.3, -0.25) is 0 Å². The van der Waals surface area contributed by atoms with Crippen LogP contribution in [0.1, 0.15) is 21.6 Å². The molecule has 1 aromatic heterocycles. The lowest BCUT2D eigenvalue weighted by atomic mass is 10.1. The van der Waals surface area contributed by atoms with E-state index in [4.69, 9.17) is 9.26 Å². The van der Waals surface area contributed by atoms with Crippen molar-refractivity contribution in [2.75, 3.05) is 7.11 Å². The van der Waals surface area contributed by atoms with Gasteiger partial charge in [0.2, 0.25) is 0 Å². The Morgan fingerprint density at radius 1 is 1.24 bits per heavy atom. The zero-order chi connectivity index (χ0) is 12.4. The first kappa shape index (κ1) is 11.4. The molecule has 1 heterocycles. The van der Waals surface area contributed by atoms with E-state index in [-0.39, 0.29) is 0 Å². The molecule has 4 heteroatoms. The number of aryl methyl sites for hydroxylation is 2. The first-order valence-electron chi connectivity index (χ1n) is 5.25. The van der Waals surface area contributed by atoms with Crippen molar-refractivity contribution in [2.24, 2.45) is 0 Å². The molecular formula is C13H13NO3. The lowest BCUT2D eigenvalue weighted by Crippen LogP contribution is -2.03. The number of methoxy groups -OCH3 is 1. The minimum atomic E-state index is -0.431. The summed E-state index contributed by atoms with van der Waals surface area (Å²) >= 11 is 0. The fourth-order valence-corrected chi connectivity index (χ4v) is 1.61. The van der Waals surface area contributed by atoms with Crippen LogP contribution >= 0.6 is 0 Å². The van der Waals surface area contributed by atoms with E-state index >= 15 is 0 Å². The van der Waals surface area contributed by atoms with Crippen molar-refractivity contribution >= 4 is 5.97 Å². The van der Waals surface area contributed by atoms with Gasteiger partial charge in [0.05, 0.1) is 12.8 Å². The van der Waals surface area contributed by atoms with E-state index in [1.54, 1.807) is 6.92 Å². The maximum absolute atomic E-state index is 11.6. The molecule has 0 aliphatic rings. The molecule has 0 fully saturated rings. The number of hydrogen-bond donors (Lipinski definition) is 0. The van der Waals surface area contributed by atoms with Crippen LogP contribution in [0.4, 0.5) is 0 Å². The zero-order valence-electron chi connectivity index (χ0n) is 9.98. The Hall–Kier alpha value is -2.10. The molecule has 0 radical (unpaired) electrons. The van der Waals surface area contributed by atoms with E-state index in [1.807, 2.05) is 31.2 Å². The lowest BCUT2D eigenvalue weighted by molar-refractivity contribution is 0.0600. The molecule has 0 spiro atoms. The van der Waals surface area contributed by atoms with Crippen LogP contribution in [-0.4, -0.2) is 18.2 Å². The Morgan fingerprint density at radius 2 is 1.88 bits per heavy atom. The summed E-state index contributed by atoms with van der Waals surface area (Å²) < 4.78 is 9.92. The first-order valence-corrected chi connectivity index (χ1v) is 5.25. The third kappa shape index (κ3) is 2.06. The average molecular weight is 231 g/mol. The molecule has 2 rings (SSSR count). The number of carbonyl (C=O) groups is 1. The Morgan fingerprint density at radius 3 is 2.47 bits per heavy atom. The van der Waals surface area contributed by atoms with Gasteiger partial charge in [-0.15, -0.1) is 0 Å². The number of nitrogens with zero attached hydrogens (tertiary/aromatic N) is 1. The predicted molar refractivity (Wildman–Crippen MR) is 62.8 cm³/mol. The van der Waals surface area contributed by atoms with Gasteiger partial charge >= 0.3 is 5.97 Å². The lowest BCUT2D eigenvalue weighted by Gasteiger charge is -2.01. The molecule has 4 nitrogen and oxygen atoms in total. The number of rotatable bonds is 2. The second kappa shape index (κ2) is 4.41. The Labute approximate surface area is 99.2 Å². The van der Waals surface area contributed by atoms with Gasteiger partial charge in [-0.1, -0.05) is 35.0 Å². The number of benzene rings is 1. The minimum Gasteiger partial charge on any atom is -0.465 e. The normalized spacial score (nSPS) is 10.3. The van der Waals surface area contributed by atoms with Crippen LogP contribution in [0, 0.1) is 13.8 Å². The largest absolute Gasteiger partial charge is 0.465 e. The standard InChI is InChI=1S/C13H13NO3/c1-8-4-6-10(7-5-8)12-11(13(15)16-3)9(2)14-17-12/h4-7H,1-3H3. The van der Waals surface area contributed by atoms with E-state index in [9.17, 15) is 4.79 Å². The molecule has 2 aromatic rings. The highest BCUT2D eigenvalue weighted by atomic mass is 16.5. The molecule has 88 valence electrons. The summed E-state index contributed by atoms with van der Waals surface area (Å²) in [4.78, 5) is 11.6. The van der Waals surface area contributed by atoms with Crippen molar-refractivity contribution in [3.05, 3.63) is 41.1 Å². The fraction of sp³-hybridized carbons (Fsp3) is 0.231. The van der Waals surface area contributed by atoms with Crippen LogP contribution in [-0.2, 0) is 4.74 Å². The van der Waals surface area contributed by atoms with Crippen LogP contribution < -0.4 is 0 Å². The van der Waals surface area contributed by atoms with E-state index in [2.05, 4.69) is 5.16 Å². The Bertz CT molecular complexity index is 540. The van der Waals surface area contributed by atoms with Gasteiger partial charge in [0.1, 0.15) is 5.56 Å². The van der Waals surface area contributed by atoms with Crippen LogP contribution in [0.25, 0.3) is 11.3 Å². The zero-order valence-corrected chi connectivity index (χ0v) is 9.98. The van der Waals surface area contributed by atoms with E-state index in [0.717, 1.165) is 11.1 Å². The topological polar surface area (TPSA) is 52.3 Å². The summed E-state index contributed by atoms with van der Waals surface area (Å²) in [5, 5.41) is 3.81. The minimum absolute atomic E-state index is 0.386. The average Bonchev–Trinajstić information content (AvgIpc) is 2.71. The maximum Gasteiger partial charge on any atom is 0.343 e. The summed E-state index contributed by atoms with van der Waals surface area (Å²) in [5.41, 5.74) is 2.88. The van der Waals surface area contributed by atoms with Crippen LogP contribution in [0.5, 0.6) is 0 Å². The summed E-state index contributed by atoms with van der Waals surface area (Å²) in [7, 11) is 1.34. The highest BCUT2D eigenvalue weighted by Gasteiger charge is 2.22. The van der Waals surface area contributed by atoms with Crippen molar-refractivity contribution in [3.8, 4) is 11.3 Å². The summed E-state index contributed by atoms with van der Waals surface area (Å²) in [5.74, 6) is 0.0219. The molecular weight excluding hydrogens is 218 g/mol. The number of ether oxygens (including phenoxy) is 1. The molecule has 0 unspecified atom stereocenters. The quantitative estimate of drug-likeness (QED) is 0.746. The molecule has 17 heavy (non-hydrogen) atoms. The highest BCUT2D eigenvalue weighted by molar-refractivity contribution is 5.96. The number of esters is 1. The number of carbonyl (C=O) groups excluding carboxylic acids is 1. The molecule has 0 aliphatic heterocycles. The number of aromatic nitrogens is 1. The second-order valence-corrected chi connectivity index (χ2v) is 3.83. The molecule has 0 N–H and O–H groups in total. The van der Waals surface area contributed by atoms with Crippen LogP contribution in [0.3, 0.4) is 0 Å². The van der Waals surface area contributed by atoms with Crippen molar-refractivity contribution in [1.82, 2.24) is 5.16 Å². The SMILES string of the molecule is COC(=O)c1c(C)noc1-c1ccc(C)cc1. The fourth-order valence-electron chi connectivity index (χ4n) is 1.61. The predicted octanol–water partition coefficient (Wildman–Crippen LogP) is 2.75. The Kier molecular flexibility index (Phi) is 2.95. The van der Waals surface area contributed by atoms with Crippen molar-refractivity contribution in [3.63, 3.8) is 0 Å². The van der Waals surface area contributed by atoms with Crippen molar-refractivity contribution in [2.45, 2.75) is 13.8 Å². The van der Waals surface area contributed by atoms with Gasteiger partial charge < -0.3 is 9.26 Å². The number of hydrogen-bond acceptors (Lipinski definition) is 4. The highest BCUT2D eigenvalue weighted by Crippen LogP contribution is 2.26. The van der Waals surface area contributed by atoms with Gasteiger partial charge in [0.25, 0.3) is 0 Å². The van der Waals surface area contributed by atoms with Gasteiger partial charge in [-0.2, -0.15) is 0 Å². The van der Waals surface area contributed by atoms with Crippen LogP contribution in [0.15, 0.2) is 28.8 Å². The second-order valence-electron chi connectivity index (χ2n) is 3.83.